The minimum absolute atomic E-state index is 0.0539. The van der Waals surface area contributed by atoms with Crippen molar-refractivity contribution in [3.63, 3.8) is 0 Å². The second-order valence-corrected chi connectivity index (χ2v) is 6.84. The molecule has 1 N–H and O–H groups in total. The molecule has 1 saturated heterocycles. The van der Waals surface area contributed by atoms with Gasteiger partial charge in [0.05, 0.1) is 25.9 Å². The number of benzene rings is 2. The number of cyclic esters (lactones) is 1. The van der Waals surface area contributed by atoms with E-state index in [-0.39, 0.29) is 26.0 Å². The van der Waals surface area contributed by atoms with E-state index >= 15 is 0 Å². The maximum absolute atomic E-state index is 11.7. The van der Waals surface area contributed by atoms with Crippen LogP contribution >= 0.6 is 0 Å². The fourth-order valence-electron chi connectivity index (χ4n) is 3.08. The topological polar surface area (TPSA) is 85.3 Å². The van der Waals surface area contributed by atoms with Gasteiger partial charge in [-0.25, -0.2) is 9.59 Å². The van der Waals surface area contributed by atoms with Crippen LogP contribution in [-0.4, -0.2) is 54.2 Å². The van der Waals surface area contributed by atoms with Crippen LogP contribution in [0.4, 0.5) is 4.79 Å². The fraction of sp³-hybridized carbons (Fsp3) is 0.364. The molecular formula is C22H25NO6. The molecule has 7 heteroatoms. The summed E-state index contributed by atoms with van der Waals surface area (Å²) in [6, 6.07) is 19.0. The lowest BCUT2D eigenvalue weighted by Crippen LogP contribution is -2.41. The Morgan fingerprint density at radius 1 is 1.10 bits per heavy atom. The summed E-state index contributed by atoms with van der Waals surface area (Å²) in [5, 5.41) is 9.14. The molecule has 2 aromatic rings. The lowest BCUT2D eigenvalue weighted by atomic mass is 10.1. The summed E-state index contributed by atoms with van der Waals surface area (Å²) in [6.45, 7) is 0.402. The van der Waals surface area contributed by atoms with Crippen LogP contribution < -0.4 is 0 Å². The number of ether oxygens (including phenoxy) is 3. The van der Waals surface area contributed by atoms with E-state index in [9.17, 15) is 9.59 Å². The summed E-state index contributed by atoms with van der Waals surface area (Å²) in [6.07, 6.45) is 0.182. The first-order chi connectivity index (χ1) is 14.1. The van der Waals surface area contributed by atoms with Gasteiger partial charge in [0.15, 0.2) is 12.8 Å². The Bertz CT molecular complexity index is 739. The second kappa shape index (κ2) is 10.6. The molecule has 1 fully saturated rings. The summed E-state index contributed by atoms with van der Waals surface area (Å²) in [4.78, 5) is 23.9. The first kappa shape index (κ1) is 20.8. The van der Waals surface area contributed by atoms with Gasteiger partial charge in [0.25, 0.3) is 0 Å². The van der Waals surface area contributed by atoms with Gasteiger partial charge < -0.3 is 19.3 Å². The number of rotatable bonds is 10. The largest absolute Gasteiger partial charge is 0.465 e. The van der Waals surface area contributed by atoms with Gasteiger partial charge in [-0.05, 0) is 24.0 Å². The minimum atomic E-state index is -1.20. The van der Waals surface area contributed by atoms with Crippen molar-refractivity contribution in [3.05, 3.63) is 71.8 Å². The van der Waals surface area contributed by atoms with Gasteiger partial charge in [0, 0.05) is 0 Å². The van der Waals surface area contributed by atoms with Crippen LogP contribution in [0.15, 0.2) is 60.7 Å². The predicted molar refractivity (Wildman–Crippen MR) is 105 cm³/mol. The molecule has 0 unspecified atom stereocenters. The van der Waals surface area contributed by atoms with Gasteiger partial charge in [-0.2, -0.15) is 0 Å². The monoisotopic (exact) mass is 399 g/mol. The van der Waals surface area contributed by atoms with Gasteiger partial charge >= 0.3 is 12.1 Å². The number of carbonyl (C=O) groups is 2. The summed E-state index contributed by atoms with van der Waals surface area (Å²) >= 11 is 0. The molecule has 0 aliphatic carbocycles. The molecule has 0 saturated carbocycles. The highest BCUT2D eigenvalue weighted by molar-refractivity contribution is 5.83. The van der Waals surface area contributed by atoms with E-state index < -0.39 is 18.1 Å². The Balaban J connectivity index is 1.53. The fourth-order valence-corrected chi connectivity index (χ4v) is 3.08. The van der Waals surface area contributed by atoms with Crippen molar-refractivity contribution in [1.82, 2.24) is 4.90 Å². The molecule has 0 aromatic heterocycles. The van der Waals surface area contributed by atoms with E-state index in [4.69, 9.17) is 19.3 Å². The minimum Gasteiger partial charge on any atom is -0.465 e. The van der Waals surface area contributed by atoms with Crippen LogP contribution in [0.25, 0.3) is 0 Å². The Morgan fingerprint density at radius 3 is 2.41 bits per heavy atom. The summed E-state index contributed by atoms with van der Waals surface area (Å²) < 4.78 is 16.5. The Kier molecular flexibility index (Phi) is 7.61. The van der Waals surface area contributed by atoms with Crippen LogP contribution in [0.2, 0.25) is 0 Å². The number of hydrogen-bond donors (Lipinski definition) is 1. The molecule has 0 spiro atoms. The molecule has 2 atom stereocenters. The van der Waals surface area contributed by atoms with Gasteiger partial charge in [0.1, 0.15) is 0 Å². The maximum atomic E-state index is 11.7. The number of aryl methyl sites for hydroxylation is 1. The summed E-state index contributed by atoms with van der Waals surface area (Å²) in [7, 11) is 0. The molecule has 154 valence electrons. The number of esters is 1. The second-order valence-electron chi connectivity index (χ2n) is 6.84. The van der Waals surface area contributed by atoms with Crippen LogP contribution in [0.3, 0.4) is 0 Å². The zero-order chi connectivity index (χ0) is 20.5. The van der Waals surface area contributed by atoms with Crippen molar-refractivity contribution in [2.24, 2.45) is 0 Å². The zero-order valence-corrected chi connectivity index (χ0v) is 16.1. The third-order valence-corrected chi connectivity index (χ3v) is 4.75. The molecule has 1 aliphatic heterocycles. The van der Waals surface area contributed by atoms with Crippen molar-refractivity contribution in [2.75, 3.05) is 19.9 Å². The van der Waals surface area contributed by atoms with Gasteiger partial charge in [0.2, 0.25) is 0 Å². The molecule has 1 aliphatic rings. The van der Waals surface area contributed by atoms with E-state index in [1.54, 1.807) is 0 Å². The van der Waals surface area contributed by atoms with Crippen LogP contribution in [0.1, 0.15) is 17.5 Å². The molecule has 7 nitrogen and oxygen atoms in total. The smallest absolute Gasteiger partial charge is 0.410 e. The number of carboxylic acid groups (broad SMARTS) is 1. The van der Waals surface area contributed by atoms with E-state index in [2.05, 4.69) is 12.1 Å². The quantitative estimate of drug-likeness (QED) is 0.618. The summed E-state index contributed by atoms with van der Waals surface area (Å²) in [5.74, 6) is -0.585. The first-order valence-electron chi connectivity index (χ1n) is 9.57. The zero-order valence-electron chi connectivity index (χ0n) is 16.1. The Labute approximate surface area is 169 Å². The van der Waals surface area contributed by atoms with Gasteiger partial charge in [-0.3, -0.25) is 4.90 Å². The molecule has 0 bridgehead atoms. The molecule has 29 heavy (non-hydrogen) atoms. The SMILES string of the molecule is O=C1OCN(C(=O)O)[C@H]1COC[C@H](CCc1ccccc1)OCc1ccccc1. The van der Waals surface area contributed by atoms with E-state index in [1.165, 1.54) is 5.56 Å². The number of amides is 1. The van der Waals surface area contributed by atoms with Gasteiger partial charge in [-0.15, -0.1) is 0 Å². The Morgan fingerprint density at radius 2 is 1.76 bits per heavy atom. The molecule has 0 radical (unpaired) electrons. The van der Waals surface area contributed by atoms with E-state index in [0.29, 0.717) is 6.61 Å². The highest BCUT2D eigenvalue weighted by atomic mass is 16.6. The molecule has 1 heterocycles. The molecule has 3 rings (SSSR count). The van der Waals surface area contributed by atoms with Crippen LogP contribution in [-0.2, 0) is 32.0 Å². The van der Waals surface area contributed by atoms with E-state index in [0.717, 1.165) is 23.3 Å². The molecule has 1 amide bonds. The van der Waals surface area contributed by atoms with Gasteiger partial charge in [-0.1, -0.05) is 60.7 Å². The third-order valence-electron chi connectivity index (χ3n) is 4.75. The maximum Gasteiger partial charge on any atom is 0.410 e. The van der Waals surface area contributed by atoms with Crippen LogP contribution in [0.5, 0.6) is 0 Å². The average molecular weight is 399 g/mol. The lowest BCUT2D eigenvalue weighted by molar-refractivity contribution is -0.140. The summed E-state index contributed by atoms with van der Waals surface area (Å²) in [5.41, 5.74) is 2.27. The molecular weight excluding hydrogens is 374 g/mol. The van der Waals surface area contributed by atoms with Crippen LogP contribution in [0, 0.1) is 0 Å². The average Bonchev–Trinajstić information content (AvgIpc) is 3.12. The number of carbonyl (C=O) groups excluding carboxylic acids is 1. The highest BCUT2D eigenvalue weighted by Gasteiger charge is 2.38. The van der Waals surface area contributed by atoms with Crippen molar-refractivity contribution in [3.8, 4) is 0 Å². The first-order valence-corrected chi connectivity index (χ1v) is 9.57. The van der Waals surface area contributed by atoms with Crippen molar-refractivity contribution in [1.29, 1.82) is 0 Å². The normalized spacial score (nSPS) is 17.2. The standard InChI is InChI=1S/C22H25NO6/c24-21-20(23(16-29-21)22(25)26)15-27-14-19(12-11-17-7-3-1-4-8-17)28-13-18-9-5-2-6-10-18/h1-10,19-20H,11-16H2,(H,25,26)/t19-,20-/m0/s1. The molecule has 2 aromatic carbocycles. The van der Waals surface area contributed by atoms with E-state index in [1.807, 2.05) is 48.5 Å². The number of hydrogen-bond acceptors (Lipinski definition) is 5. The Hall–Kier alpha value is -2.90. The lowest BCUT2D eigenvalue weighted by Gasteiger charge is -2.21. The third kappa shape index (κ3) is 6.30. The predicted octanol–water partition coefficient (Wildman–Crippen LogP) is 3.08. The van der Waals surface area contributed by atoms with Crippen molar-refractivity contribution in [2.45, 2.75) is 31.6 Å². The van der Waals surface area contributed by atoms with Crippen molar-refractivity contribution >= 4 is 12.1 Å². The van der Waals surface area contributed by atoms with Crippen molar-refractivity contribution < 1.29 is 28.9 Å². The number of nitrogens with zero attached hydrogens (tertiary/aromatic N) is 1. The highest BCUT2D eigenvalue weighted by Crippen LogP contribution is 2.14.